The van der Waals surface area contributed by atoms with E-state index in [1.54, 1.807) is 0 Å². The highest BCUT2D eigenvalue weighted by atomic mass is 19.1. The van der Waals surface area contributed by atoms with Gasteiger partial charge in [0.1, 0.15) is 17.5 Å². The Hall–Kier alpha value is -3.77. The number of carbonyl (C=O) groups is 3. The van der Waals surface area contributed by atoms with Gasteiger partial charge in [-0.1, -0.05) is 32.4 Å². The molecule has 198 valence electrons. The molecule has 4 N–H and O–H groups in total. The Morgan fingerprint density at radius 3 is 2.71 bits per heavy atom. The smallest absolute Gasteiger partial charge is 0.255 e. The number of halogens is 1. The minimum absolute atomic E-state index is 0.0896. The summed E-state index contributed by atoms with van der Waals surface area (Å²) in [6.07, 6.45) is 3.21. The zero-order valence-electron chi connectivity index (χ0n) is 21.6. The maximum absolute atomic E-state index is 15.7. The van der Waals surface area contributed by atoms with Crippen molar-refractivity contribution in [3.8, 4) is 6.07 Å². The number of nitrogens with zero attached hydrogens (tertiary/aromatic N) is 2. The van der Waals surface area contributed by atoms with Crippen molar-refractivity contribution in [3.05, 3.63) is 64.5 Å². The number of nitriles is 1. The molecule has 1 saturated carbocycles. The Balaban J connectivity index is 1.49. The standard InChI is InChI=1S/C29H32FN5O3/c1-3-17(2)14-29(32,34-20-6-4-5-19(12-20)28(16-31)9-10-28)22-13-21-18(11-23(22)30)15-35(27(21)38)24-7-8-25(36)33-26(24)37/h4-6,11-13,17,24,34H,3,7-10,14-15,32H2,1-2H3,(H,33,36,37). The first-order valence-corrected chi connectivity index (χ1v) is 13.2. The van der Waals surface area contributed by atoms with Gasteiger partial charge in [-0.3, -0.25) is 19.7 Å². The second kappa shape index (κ2) is 9.52. The predicted octanol–water partition coefficient (Wildman–Crippen LogP) is 3.80. The van der Waals surface area contributed by atoms with E-state index >= 15 is 4.39 Å². The molecule has 2 aromatic rings. The maximum Gasteiger partial charge on any atom is 0.255 e. The molecule has 0 spiro atoms. The van der Waals surface area contributed by atoms with Crippen molar-refractivity contribution in [2.24, 2.45) is 11.7 Å². The largest absolute Gasteiger partial charge is 0.364 e. The van der Waals surface area contributed by atoms with Gasteiger partial charge in [0.15, 0.2) is 0 Å². The van der Waals surface area contributed by atoms with Crippen molar-refractivity contribution in [2.75, 3.05) is 5.32 Å². The highest BCUT2D eigenvalue weighted by Gasteiger charge is 2.45. The summed E-state index contributed by atoms with van der Waals surface area (Å²) in [6, 6.07) is 12.0. The van der Waals surface area contributed by atoms with Gasteiger partial charge in [0.2, 0.25) is 11.8 Å². The molecule has 3 unspecified atom stereocenters. The Morgan fingerprint density at radius 2 is 2.05 bits per heavy atom. The van der Waals surface area contributed by atoms with Crippen LogP contribution in [0.25, 0.3) is 0 Å². The van der Waals surface area contributed by atoms with Crippen LogP contribution in [0.2, 0.25) is 0 Å². The van der Waals surface area contributed by atoms with E-state index in [0.717, 1.165) is 24.8 Å². The van der Waals surface area contributed by atoms with Crippen LogP contribution in [0.15, 0.2) is 36.4 Å². The van der Waals surface area contributed by atoms with E-state index in [2.05, 4.69) is 16.7 Å². The Labute approximate surface area is 221 Å². The summed E-state index contributed by atoms with van der Waals surface area (Å²) < 4.78 is 15.7. The number of imide groups is 1. The quantitative estimate of drug-likeness (QED) is 0.361. The molecule has 1 saturated heterocycles. The van der Waals surface area contributed by atoms with Crippen LogP contribution in [0.5, 0.6) is 0 Å². The Morgan fingerprint density at radius 1 is 1.29 bits per heavy atom. The van der Waals surface area contributed by atoms with Crippen molar-refractivity contribution < 1.29 is 18.8 Å². The first kappa shape index (κ1) is 25.9. The number of hydrogen-bond acceptors (Lipinski definition) is 6. The first-order chi connectivity index (χ1) is 18.1. The molecule has 9 heteroatoms. The maximum atomic E-state index is 15.7. The summed E-state index contributed by atoms with van der Waals surface area (Å²) in [5.41, 5.74) is 7.67. The van der Waals surface area contributed by atoms with Gasteiger partial charge in [-0.2, -0.15) is 5.26 Å². The second-order valence-corrected chi connectivity index (χ2v) is 11.0. The number of anilines is 1. The van der Waals surface area contributed by atoms with Crippen LogP contribution in [0.1, 0.15) is 79.4 Å². The molecule has 2 fully saturated rings. The lowest BCUT2D eigenvalue weighted by Gasteiger charge is -2.35. The molecule has 2 aliphatic heterocycles. The molecule has 1 aliphatic carbocycles. The zero-order valence-corrected chi connectivity index (χ0v) is 21.6. The van der Waals surface area contributed by atoms with Gasteiger partial charge in [0.25, 0.3) is 5.91 Å². The van der Waals surface area contributed by atoms with Crippen LogP contribution in [-0.4, -0.2) is 28.7 Å². The van der Waals surface area contributed by atoms with Gasteiger partial charge in [0, 0.05) is 29.8 Å². The van der Waals surface area contributed by atoms with Gasteiger partial charge in [-0.25, -0.2) is 4.39 Å². The minimum Gasteiger partial charge on any atom is -0.364 e. The van der Waals surface area contributed by atoms with Crippen molar-refractivity contribution >= 4 is 23.4 Å². The fourth-order valence-corrected chi connectivity index (χ4v) is 5.59. The van der Waals surface area contributed by atoms with Crippen molar-refractivity contribution in [3.63, 3.8) is 0 Å². The van der Waals surface area contributed by atoms with E-state index in [4.69, 9.17) is 5.73 Å². The molecule has 38 heavy (non-hydrogen) atoms. The molecule has 5 rings (SSSR count). The monoisotopic (exact) mass is 517 g/mol. The number of nitrogens with two attached hydrogens (primary N) is 1. The molecular weight excluding hydrogens is 485 g/mol. The number of rotatable bonds is 8. The summed E-state index contributed by atoms with van der Waals surface area (Å²) in [4.78, 5) is 38.8. The number of hydrogen-bond donors (Lipinski definition) is 3. The molecule has 3 atom stereocenters. The predicted molar refractivity (Wildman–Crippen MR) is 139 cm³/mol. The van der Waals surface area contributed by atoms with Gasteiger partial charge < -0.3 is 16.0 Å². The van der Waals surface area contributed by atoms with E-state index in [1.807, 2.05) is 38.1 Å². The molecule has 0 aromatic heterocycles. The molecule has 0 bridgehead atoms. The number of fused-ring (bicyclic) bond motifs is 1. The molecule has 2 heterocycles. The normalized spacial score (nSPS) is 22.2. The molecule has 3 aliphatic rings. The lowest BCUT2D eigenvalue weighted by molar-refractivity contribution is -0.136. The van der Waals surface area contributed by atoms with Crippen molar-refractivity contribution in [1.82, 2.24) is 10.2 Å². The summed E-state index contributed by atoms with van der Waals surface area (Å²) in [7, 11) is 0. The fraction of sp³-hybridized carbons (Fsp3) is 0.448. The van der Waals surface area contributed by atoms with E-state index in [9.17, 15) is 19.6 Å². The Kier molecular flexibility index (Phi) is 6.48. The van der Waals surface area contributed by atoms with Gasteiger partial charge in [-0.05, 0) is 67.0 Å². The van der Waals surface area contributed by atoms with Crippen LogP contribution >= 0.6 is 0 Å². The summed E-state index contributed by atoms with van der Waals surface area (Å²) in [5, 5.41) is 15.3. The topological polar surface area (TPSA) is 128 Å². The van der Waals surface area contributed by atoms with E-state index in [-0.39, 0.29) is 42.7 Å². The van der Waals surface area contributed by atoms with Crippen LogP contribution in [0.4, 0.5) is 10.1 Å². The Bertz CT molecular complexity index is 1360. The minimum atomic E-state index is -1.33. The summed E-state index contributed by atoms with van der Waals surface area (Å²) in [5.74, 6) is -1.65. The van der Waals surface area contributed by atoms with Gasteiger partial charge in [0.05, 0.1) is 11.5 Å². The molecular formula is C29H32FN5O3. The third kappa shape index (κ3) is 4.54. The third-order valence-electron chi connectivity index (χ3n) is 8.21. The van der Waals surface area contributed by atoms with Crippen LogP contribution < -0.4 is 16.4 Å². The van der Waals surface area contributed by atoms with Crippen molar-refractivity contribution in [1.29, 1.82) is 5.26 Å². The highest BCUT2D eigenvalue weighted by molar-refractivity contribution is 6.05. The average Bonchev–Trinajstić information content (AvgIpc) is 3.62. The SMILES string of the molecule is CCC(C)CC(N)(Nc1cccc(C2(C#N)CC2)c1)c1cc2c(cc1F)CN(C1CCC(=O)NC1=O)C2=O. The van der Waals surface area contributed by atoms with Gasteiger partial charge >= 0.3 is 0 Å². The van der Waals surface area contributed by atoms with E-state index < -0.39 is 28.8 Å². The summed E-state index contributed by atoms with van der Waals surface area (Å²) >= 11 is 0. The number of nitrogens with one attached hydrogen (secondary N) is 2. The van der Waals surface area contributed by atoms with Gasteiger partial charge in [-0.15, -0.1) is 0 Å². The number of amides is 3. The first-order valence-electron chi connectivity index (χ1n) is 13.2. The van der Waals surface area contributed by atoms with Crippen molar-refractivity contribution in [2.45, 2.75) is 76.0 Å². The number of carbonyl (C=O) groups excluding carboxylic acids is 3. The average molecular weight is 518 g/mol. The molecule has 2 aromatic carbocycles. The van der Waals surface area contributed by atoms with Crippen LogP contribution in [0, 0.1) is 23.1 Å². The zero-order chi connectivity index (χ0) is 27.2. The van der Waals surface area contributed by atoms with E-state index in [1.165, 1.54) is 17.0 Å². The second-order valence-electron chi connectivity index (χ2n) is 11.0. The number of piperidine rings is 1. The fourth-order valence-electron chi connectivity index (χ4n) is 5.59. The van der Waals surface area contributed by atoms with E-state index in [0.29, 0.717) is 23.2 Å². The molecule has 3 amide bonds. The molecule has 0 radical (unpaired) electrons. The third-order valence-corrected chi connectivity index (χ3v) is 8.21. The highest BCUT2D eigenvalue weighted by Crippen LogP contribution is 2.48. The molecule has 8 nitrogen and oxygen atoms in total. The number of benzene rings is 2. The lowest BCUT2D eigenvalue weighted by atomic mass is 9.86. The summed E-state index contributed by atoms with van der Waals surface area (Å²) in [6.45, 7) is 4.16. The van der Waals surface area contributed by atoms with Crippen LogP contribution in [-0.2, 0) is 27.2 Å². The van der Waals surface area contributed by atoms with Crippen LogP contribution in [0.3, 0.4) is 0 Å². The lowest BCUT2D eigenvalue weighted by Crippen LogP contribution is -2.52.